The van der Waals surface area contributed by atoms with Crippen molar-refractivity contribution in [2.75, 3.05) is 20.2 Å². The molecule has 0 saturated carbocycles. The van der Waals surface area contributed by atoms with Crippen LogP contribution in [0.5, 0.6) is 5.75 Å². The zero-order valence-electron chi connectivity index (χ0n) is 17.9. The van der Waals surface area contributed by atoms with Gasteiger partial charge in [-0.1, -0.05) is 41.6 Å². The molecule has 6 heteroatoms. The van der Waals surface area contributed by atoms with Gasteiger partial charge in [0.2, 0.25) is 0 Å². The van der Waals surface area contributed by atoms with Gasteiger partial charge in [-0.15, -0.1) is 0 Å². The zero-order chi connectivity index (χ0) is 21.3. The van der Waals surface area contributed by atoms with Crippen LogP contribution in [0, 0.1) is 12.8 Å². The quantitative estimate of drug-likeness (QED) is 0.617. The molecule has 0 spiro atoms. The van der Waals surface area contributed by atoms with Crippen LogP contribution < -0.4 is 4.74 Å². The first kappa shape index (κ1) is 20.4. The molecule has 3 aromatic rings. The second kappa shape index (κ2) is 8.11. The second-order valence-corrected chi connectivity index (χ2v) is 8.47. The summed E-state index contributed by atoms with van der Waals surface area (Å²) in [6.45, 7) is 6.69. The largest absolute Gasteiger partial charge is 0.477 e. The fourth-order valence-corrected chi connectivity index (χ4v) is 4.23. The van der Waals surface area contributed by atoms with Crippen LogP contribution in [0.25, 0.3) is 10.8 Å². The predicted octanol–water partition coefficient (Wildman–Crippen LogP) is 4.01. The fraction of sp³-hybridized carbons (Fsp3) is 0.417. The van der Waals surface area contributed by atoms with Gasteiger partial charge in [-0.2, -0.15) is 0 Å². The smallest absolute Gasteiger partial charge is 0.266 e. The van der Waals surface area contributed by atoms with Crippen molar-refractivity contribution < 1.29 is 18.8 Å². The minimum Gasteiger partial charge on any atom is -0.477 e. The Labute approximate surface area is 176 Å². The van der Waals surface area contributed by atoms with Crippen LogP contribution >= 0.6 is 0 Å². The molecule has 1 aliphatic heterocycles. The topological polar surface area (TPSA) is 64.8 Å². The molecule has 6 nitrogen and oxygen atoms in total. The lowest BCUT2D eigenvalue weighted by molar-refractivity contribution is -0.144. The molecule has 0 aliphatic carbocycles. The van der Waals surface area contributed by atoms with Gasteiger partial charge in [0.05, 0.1) is 11.8 Å². The maximum absolute atomic E-state index is 13.4. The summed E-state index contributed by atoms with van der Waals surface area (Å²) in [7, 11) is 1.69. The first-order valence-electron chi connectivity index (χ1n) is 10.3. The fourth-order valence-electron chi connectivity index (χ4n) is 4.23. The van der Waals surface area contributed by atoms with Crippen molar-refractivity contribution >= 4 is 16.7 Å². The molecule has 4 rings (SSSR count). The Hall–Kier alpha value is -2.86. The molecule has 0 radical (unpaired) electrons. The summed E-state index contributed by atoms with van der Waals surface area (Å²) in [6, 6.07) is 15.9. The Kier molecular flexibility index (Phi) is 5.52. The number of amides is 1. The molecule has 2 atom stereocenters. The van der Waals surface area contributed by atoms with Crippen molar-refractivity contribution in [1.82, 2.24) is 10.1 Å². The Morgan fingerprint density at radius 1 is 1.20 bits per heavy atom. The number of aryl methyl sites for hydroxylation is 1. The number of rotatable bonds is 6. The van der Waals surface area contributed by atoms with Gasteiger partial charge < -0.3 is 18.9 Å². The van der Waals surface area contributed by atoms with E-state index in [0.29, 0.717) is 25.3 Å². The summed E-state index contributed by atoms with van der Waals surface area (Å²) in [6.07, 6.45) is 0.640. The van der Waals surface area contributed by atoms with E-state index in [9.17, 15) is 4.79 Å². The minimum atomic E-state index is -1.000. The maximum Gasteiger partial charge on any atom is 0.266 e. The van der Waals surface area contributed by atoms with Crippen LogP contribution in [-0.2, 0) is 16.0 Å². The molecule has 1 amide bonds. The lowest BCUT2D eigenvalue weighted by Gasteiger charge is -2.30. The molecule has 0 N–H and O–H groups in total. The number of carbonyl (C=O) groups is 1. The van der Waals surface area contributed by atoms with Crippen molar-refractivity contribution in [1.29, 1.82) is 0 Å². The van der Waals surface area contributed by atoms with Crippen molar-refractivity contribution in [2.24, 2.45) is 5.92 Å². The summed E-state index contributed by atoms with van der Waals surface area (Å²) >= 11 is 0. The molecule has 158 valence electrons. The van der Waals surface area contributed by atoms with Crippen LogP contribution in [0.15, 0.2) is 53.1 Å². The molecule has 30 heavy (non-hydrogen) atoms. The van der Waals surface area contributed by atoms with E-state index < -0.39 is 5.60 Å². The summed E-state index contributed by atoms with van der Waals surface area (Å²) in [5, 5.41) is 6.04. The molecular weight excluding hydrogens is 380 g/mol. The molecule has 1 fully saturated rings. The number of fused-ring (bicyclic) bond motifs is 1. The van der Waals surface area contributed by atoms with Crippen molar-refractivity contribution in [3.63, 3.8) is 0 Å². The van der Waals surface area contributed by atoms with Gasteiger partial charge in [-0.3, -0.25) is 4.79 Å². The van der Waals surface area contributed by atoms with Gasteiger partial charge in [-0.25, -0.2) is 0 Å². The van der Waals surface area contributed by atoms with Crippen molar-refractivity contribution in [3.8, 4) is 5.75 Å². The average Bonchev–Trinajstić information content (AvgIpc) is 3.33. The third kappa shape index (κ3) is 4.05. The number of methoxy groups -OCH3 is 1. The number of nitrogens with zero attached hydrogens (tertiary/aromatic N) is 2. The van der Waals surface area contributed by atoms with Crippen LogP contribution in [0.1, 0.15) is 25.3 Å². The predicted molar refractivity (Wildman–Crippen MR) is 114 cm³/mol. The minimum absolute atomic E-state index is 0.0475. The second-order valence-electron chi connectivity index (χ2n) is 8.47. The number of benzene rings is 2. The Bertz CT molecular complexity index is 1040. The summed E-state index contributed by atoms with van der Waals surface area (Å²) < 4.78 is 17.3. The third-order valence-corrected chi connectivity index (χ3v) is 5.74. The monoisotopic (exact) mass is 408 g/mol. The number of hydrogen-bond donors (Lipinski definition) is 0. The van der Waals surface area contributed by atoms with Gasteiger partial charge in [0.15, 0.2) is 5.60 Å². The number of carbonyl (C=O) groups excluding carboxylic acids is 1. The molecule has 1 saturated heterocycles. The number of aromatic nitrogens is 1. The van der Waals surface area contributed by atoms with Gasteiger partial charge in [-0.05, 0) is 32.2 Å². The Morgan fingerprint density at radius 3 is 2.70 bits per heavy atom. The standard InChI is InChI=1S/C24H28N2O4/c1-16-12-19(30-25-16)13-18-14-26(15-22(18)28-4)23(27)24(2,3)29-21-11-7-9-17-8-5-6-10-20(17)21/h5-12,18,22H,13-15H2,1-4H3/t18-,22+/m1/s1. The van der Waals surface area contributed by atoms with E-state index in [1.54, 1.807) is 7.11 Å². The van der Waals surface area contributed by atoms with Gasteiger partial charge in [0, 0.05) is 44.0 Å². The third-order valence-electron chi connectivity index (χ3n) is 5.74. The van der Waals surface area contributed by atoms with Gasteiger partial charge in [0.25, 0.3) is 5.91 Å². The van der Waals surface area contributed by atoms with Gasteiger partial charge >= 0.3 is 0 Å². The average molecular weight is 408 g/mol. The first-order valence-corrected chi connectivity index (χ1v) is 10.3. The molecule has 1 aromatic heterocycles. The zero-order valence-corrected chi connectivity index (χ0v) is 17.9. The van der Waals surface area contributed by atoms with Crippen LogP contribution in [-0.4, -0.2) is 47.9 Å². The molecule has 1 aliphatic rings. The van der Waals surface area contributed by atoms with Crippen molar-refractivity contribution in [2.45, 2.75) is 38.9 Å². The summed E-state index contributed by atoms with van der Waals surface area (Å²) in [4.78, 5) is 15.2. The number of likely N-dealkylation sites (tertiary alicyclic amines) is 1. The first-order chi connectivity index (χ1) is 14.4. The summed E-state index contributed by atoms with van der Waals surface area (Å²) in [5.41, 5.74) is -0.144. The van der Waals surface area contributed by atoms with Crippen LogP contribution in [0.4, 0.5) is 0 Å². The van der Waals surface area contributed by atoms with Crippen LogP contribution in [0.3, 0.4) is 0 Å². The normalized spacial score (nSPS) is 19.4. The SMILES string of the molecule is CO[C@H]1CN(C(=O)C(C)(C)Oc2cccc3ccccc23)C[C@H]1Cc1cc(C)no1. The van der Waals surface area contributed by atoms with E-state index in [4.69, 9.17) is 14.0 Å². The Balaban J connectivity index is 1.49. The van der Waals surface area contributed by atoms with E-state index in [2.05, 4.69) is 5.16 Å². The highest BCUT2D eigenvalue weighted by atomic mass is 16.5. The van der Waals surface area contributed by atoms with Crippen molar-refractivity contribution in [3.05, 3.63) is 60.0 Å². The van der Waals surface area contributed by atoms with E-state index in [0.717, 1.165) is 22.2 Å². The molecule has 0 unspecified atom stereocenters. The molecule has 0 bridgehead atoms. The highest BCUT2D eigenvalue weighted by Crippen LogP contribution is 2.31. The molecule has 2 aromatic carbocycles. The van der Waals surface area contributed by atoms with Crippen LogP contribution in [0.2, 0.25) is 0 Å². The van der Waals surface area contributed by atoms with Gasteiger partial charge in [0.1, 0.15) is 11.5 Å². The van der Waals surface area contributed by atoms with E-state index in [-0.39, 0.29) is 17.9 Å². The molecular formula is C24H28N2O4. The van der Waals surface area contributed by atoms with E-state index in [1.807, 2.05) is 74.2 Å². The Morgan fingerprint density at radius 2 is 1.97 bits per heavy atom. The number of ether oxygens (including phenoxy) is 2. The lowest BCUT2D eigenvalue weighted by atomic mass is 10.0. The maximum atomic E-state index is 13.4. The summed E-state index contributed by atoms with van der Waals surface area (Å²) in [5.74, 6) is 1.64. The highest BCUT2D eigenvalue weighted by molar-refractivity contribution is 5.90. The highest BCUT2D eigenvalue weighted by Gasteiger charge is 2.42. The lowest BCUT2D eigenvalue weighted by Crippen LogP contribution is -2.48. The number of hydrogen-bond acceptors (Lipinski definition) is 5. The molecule has 2 heterocycles. The van der Waals surface area contributed by atoms with E-state index in [1.165, 1.54) is 0 Å². The van der Waals surface area contributed by atoms with E-state index >= 15 is 0 Å².